The van der Waals surface area contributed by atoms with Crippen molar-refractivity contribution < 1.29 is 24.0 Å². The number of hydrogen-bond donors (Lipinski definition) is 1. The third kappa shape index (κ3) is 4.64. The van der Waals surface area contributed by atoms with Crippen LogP contribution in [-0.2, 0) is 9.53 Å². The minimum absolute atomic E-state index is 0.00685. The van der Waals surface area contributed by atoms with E-state index in [0.717, 1.165) is 6.07 Å². The molecule has 1 aromatic heterocycles. The third-order valence-electron chi connectivity index (χ3n) is 2.99. The van der Waals surface area contributed by atoms with E-state index in [1.54, 1.807) is 0 Å². The molecule has 1 amide bonds. The maximum absolute atomic E-state index is 11.9. The van der Waals surface area contributed by atoms with Gasteiger partial charge in [0.15, 0.2) is 6.61 Å². The second kappa shape index (κ2) is 8.06. The highest BCUT2D eigenvalue weighted by Crippen LogP contribution is 2.28. The SMILES string of the molecule is COc1ccc(NC(=O)COC(=O)c2cccnc2Cl)c([N+](=O)[O-])c1. The Balaban J connectivity index is 2.02. The molecule has 0 radical (unpaired) electrons. The number of hydrogen-bond acceptors (Lipinski definition) is 7. The number of nitro benzene ring substituents is 1. The lowest BCUT2D eigenvalue weighted by Crippen LogP contribution is -2.21. The molecule has 25 heavy (non-hydrogen) atoms. The van der Waals surface area contributed by atoms with Crippen molar-refractivity contribution in [1.29, 1.82) is 0 Å². The molecule has 0 unspecified atom stereocenters. The summed E-state index contributed by atoms with van der Waals surface area (Å²) >= 11 is 5.75. The smallest absolute Gasteiger partial charge is 0.341 e. The molecule has 0 atom stereocenters. The second-order valence-corrected chi connectivity index (χ2v) is 4.96. The molecule has 1 aromatic carbocycles. The number of nitrogens with zero attached hydrogens (tertiary/aromatic N) is 2. The zero-order chi connectivity index (χ0) is 18.4. The van der Waals surface area contributed by atoms with Crippen LogP contribution >= 0.6 is 11.6 Å². The highest BCUT2D eigenvalue weighted by Gasteiger charge is 2.19. The molecular formula is C15H12ClN3O6. The fourth-order valence-corrected chi connectivity index (χ4v) is 2.03. The van der Waals surface area contributed by atoms with Gasteiger partial charge in [-0.25, -0.2) is 9.78 Å². The predicted octanol–water partition coefficient (Wildman–Crippen LogP) is 2.45. The van der Waals surface area contributed by atoms with E-state index in [-0.39, 0.29) is 27.8 Å². The third-order valence-corrected chi connectivity index (χ3v) is 3.29. The first-order valence-corrected chi connectivity index (χ1v) is 7.20. The van der Waals surface area contributed by atoms with E-state index < -0.39 is 23.4 Å². The van der Waals surface area contributed by atoms with Crippen molar-refractivity contribution in [2.24, 2.45) is 0 Å². The largest absolute Gasteiger partial charge is 0.496 e. The van der Waals surface area contributed by atoms with E-state index in [1.807, 2.05) is 0 Å². The van der Waals surface area contributed by atoms with Crippen molar-refractivity contribution >= 4 is 34.9 Å². The number of anilines is 1. The molecule has 0 saturated heterocycles. The van der Waals surface area contributed by atoms with Gasteiger partial charge >= 0.3 is 5.97 Å². The maximum atomic E-state index is 11.9. The highest BCUT2D eigenvalue weighted by atomic mass is 35.5. The molecule has 9 nitrogen and oxygen atoms in total. The van der Waals surface area contributed by atoms with E-state index in [2.05, 4.69) is 10.3 Å². The fourth-order valence-electron chi connectivity index (χ4n) is 1.83. The van der Waals surface area contributed by atoms with Crippen molar-refractivity contribution in [3.05, 3.63) is 57.4 Å². The molecule has 0 aliphatic carbocycles. The van der Waals surface area contributed by atoms with E-state index in [0.29, 0.717) is 0 Å². The molecule has 10 heteroatoms. The summed E-state index contributed by atoms with van der Waals surface area (Å²) in [5.41, 5.74) is -0.395. The second-order valence-electron chi connectivity index (χ2n) is 4.61. The number of pyridine rings is 1. The first kappa shape index (κ1) is 18.1. The van der Waals surface area contributed by atoms with Gasteiger partial charge in [0.1, 0.15) is 16.6 Å². The van der Waals surface area contributed by atoms with Gasteiger partial charge in [0.25, 0.3) is 11.6 Å². The van der Waals surface area contributed by atoms with E-state index >= 15 is 0 Å². The summed E-state index contributed by atoms with van der Waals surface area (Å²) in [4.78, 5) is 37.8. The molecule has 0 saturated carbocycles. The number of amides is 1. The average molecular weight is 366 g/mol. The summed E-state index contributed by atoms with van der Waals surface area (Å²) in [5, 5.41) is 13.3. The molecule has 0 fully saturated rings. The lowest BCUT2D eigenvalue weighted by Gasteiger charge is -2.08. The number of rotatable bonds is 6. The number of nitrogens with one attached hydrogen (secondary N) is 1. The predicted molar refractivity (Wildman–Crippen MR) is 87.8 cm³/mol. The number of carbonyl (C=O) groups is 2. The summed E-state index contributed by atoms with van der Waals surface area (Å²) in [6, 6.07) is 6.81. The average Bonchev–Trinajstić information content (AvgIpc) is 2.60. The van der Waals surface area contributed by atoms with Crippen LogP contribution in [0.25, 0.3) is 0 Å². The number of ether oxygens (including phenoxy) is 2. The zero-order valence-corrected chi connectivity index (χ0v) is 13.6. The van der Waals surface area contributed by atoms with Gasteiger partial charge in [-0.15, -0.1) is 0 Å². The van der Waals surface area contributed by atoms with Crippen molar-refractivity contribution in [3.8, 4) is 5.75 Å². The van der Waals surface area contributed by atoms with Crippen LogP contribution < -0.4 is 10.1 Å². The van der Waals surface area contributed by atoms with Gasteiger partial charge in [0, 0.05) is 6.20 Å². The monoisotopic (exact) mass is 365 g/mol. The molecule has 0 aliphatic rings. The molecule has 1 N–H and O–H groups in total. The molecule has 2 rings (SSSR count). The van der Waals surface area contributed by atoms with Gasteiger partial charge in [0.05, 0.1) is 23.7 Å². The van der Waals surface area contributed by atoms with Crippen molar-refractivity contribution in [3.63, 3.8) is 0 Å². The Hall–Kier alpha value is -3.20. The molecule has 0 bridgehead atoms. The maximum Gasteiger partial charge on any atom is 0.341 e. The van der Waals surface area contributed by atoms with Gasteiger partial charge in [-0.1, -0.05) is 11.6 Å². The summed E-state index contributed by atoms with van der Waals surface area (Å²) in [7, 11) is 1.36. The van der Waals surface area contributed by atoms with Crippen LogP contribution in [0.5, 0.6) is 5.75 Å². The number of aromatic nitrogens is 1. The van der Waals surface area contributed by atoms with Crippen molar-refractivity contribution in [2.75, 3.05) is 19.0 Å². The zero-order valence-electron chi connectivity index (χ0n) is 12.9. The lowest BCUT2D eigenvalue weighted by molar-refractivity contribution is -0.384. The highest BCUT2D eigenvalue weighted by molar-refractivity contribution is 6.32. The summed E-state index contributed by atoms with van der Waals surface area (Å²) in [6.07, 6.45) is 1.40. The molecule has 2 aromatic rings. The minimum Gasteiger partial charge on any atom is -0.496 e. The van der Waals surface area contributed by atoms with E-state index in [9.17, 15) is 19.7 Å². The van der Waals surface area contributed by atoms with E-state index in [4.69, 9.17) is 21.1 Å². The molecule has 0 aliphatic heterocycles. The van der Waals surface area contributed by atoms with Crippen LogP contribution in [0.2, 0.25) is 5.15 Å². The molecular weight excluding hydrogens is 354 g/mol. The van der Waals surface area contributed by atoms with Crippen LogP contribution in [0.3, 0.4) is 0 Å². The fraction of sp³-hybridized carbons (Fsp3) is 0.133. The Bertz CT molecular complexity index is 827. The topological polar surface area (TPSA) is 121 Å². The first-order valence-electron chi connectivity index (χ1n) is 6.82. The molecule has 130 valence electrons. The van der Waals surface area contributed by atoms with Crippen molar-refractivity contribution in [2.45, 2.75) is 0 Å². The summed E-state index contributed by atoms with van der Waals surface area (Å²) < 4.78 is 9.72. The van der Waals surface area contributed by atoms with Gasteiger partial charge in [0.2, 0.25) is 0 Å². The van der Waals surface area contributed by atoms with Crippen LogP contribution in [0, 0.1) is 10.1 Å². The number of nitro groups is 1. The number of methoxy groups -OCH3 is 1. The summed E-state index contributed by atoms with van der Waals surface area (Å²) in [6.45, 7) is -0.646. The molecule has 1 heterocycles. The Labute approximate surface area is 146 Å². The van der Waals surface area contributed by atoms with Gasteiger partial charge in [-0.2, -0.15) is 0 Å². The van der Waals surface area contributed by atoms with E-state index in [1.165, 1.54) is 37.6 Å². The Morgan fingerprint density at radius 2 is 2.12 bits per heavy atom. The first-order chi connectivity index (χ1) is 11.9. The Morgan fingerprint density at radius 1 is 1.36 bits per heavy atom. The van der Waals surface area contributed by atoms with Crippen molar-refractivity contribution in [1.82, 2.24) is 4.98 Å². The van der Waals surface area contributed by atoms with Crippen LogP contribution in [0.4, 0.5) is 11.4 Å². The Morgan fingerprint density at radius 3 is 2.76 bits per heavy atom. The van der Waals surface area contributed by atoms with Crippen LogP contribution in [-0.4, -0.2) is 35.5 Å². The van der Waals surface area contributed by atoms with Crippen LogP contribution in [0.1, 0.15) is 10.4 Å². The number of benzene rings is 1. The van der Waals surface area contributed by atoms with Crippen LogP contribution in [0.15, 0.2) is 36.5 Å². The van der Waals surface area contributed by atoms with Gasteiger partial charge in [-0.05, 0) is 24.3 Å². The minimum atomic E-state index is -0.836. The number of halogens is 1. The molecule has 0 spiro atoms. The number of carbonyl (C=O) groups excluding carboxylic acids is 2. The summed E-state index contributed by atoms with van der Waals surface area (Å²) in [5.74, 6) is -1.32. The normalized spacial score (nSPS) is 10.0. The van der Waals surface area contributed by atoms with Gasteiger partial charge < -0.3 is 14.8 Å². The van der Waals surface area contributed by atoms with Gasteiger partial charge in [-0.3, -0.25) is 14.9 Å². The Kier molecular flexibility index (Phi) is 5.85. The quantitative estimate of drug-likeness (QED) is 0.361. The number of esters is 1. The lowest BCUT2D eigenvalue weighted by atomic mass is 10.2. The standard InChI is InChI=1S/C15H12ClN3O6/c1-24-9-4-5-11(12(7-9)19(22)23)18-13(20)8-25-15(21)10-3-2-6-17-14(10)16/h2-7H,8H2,1H3,(H,18,20).